The van der Waals surface area contributed by atoms with Crippen molar-refractivity contribution < 1.29 is 15.8 Å². The Morgan fingerprint density at radius 1 is 1.60 bits per heavy atom. The van der Waals surface area contributed by atoms with E-state index in [1.54, 1.807) is 0 Å². The smallest absolute Gasteiger partial charge is 1.00 e. The summed E-state index contributed by atoms with van der Waals surface area (Å²) in [4.78, 5) is 31.3. The van der Waals surface area contributed by atoms with E-state index in [1.165, 1.54) is 6.42 Å². The molecule has 0 radical (unpaired) electrons. The second-order valence-corrected chi connectivity index (χ2v) is 1.62. The molecule has 3 amide bonds. The van der Waals surface area contributed by atoms with E-state index in [4.69, 9.17) is 0 Å². The van der Waals surface area contributed by atoms with Crippen LogP contribution in [0.5, 0.6) is 0 Å². The third-order valence-electron chi connectivity index (χ3n) is 1.06. The molecule has 0 bridgehead atoms. The summed E-state index contributed by atoms with van der Waals surface area (Å²) < 4.78 is 0. The van der Waals surface area contributed by atoms with Gasteiger partial charge in [-0.25, -0.2) is 0 Å². The maximum absolute atomic E-state index is 10.5. The molecule has 1 saturated heterocycles. The first-order valence-corrected chi connectivity index (χ1v) is 2.40. The number of amides is 3. The second-order valence-electron chi connectivity index (χ2n) is 1.62. The number of carbonyl (C=O) groups is 3. The molecule has 0 atom stereocenters. The van der Waals surface area contributed by atoms with E-state index in [0.29, 0.717) is 4.90 Å². The number of hydrogen-bond donors (Lipinski definition) is 0. The summed E-state index contributed by atoms with van der Waals surface area (Å²) in [6, 6.07) is 0. The van der Waals surface area contributed by atoms with Gasteiger partial charge in [0.2, 0.25) is 12.3 Å². The molecule has 1 rings (SSSR count). The van der Waals surface area contributed by atoms with Crippen molar-refractivity contribution in [1.82, 2.24) is 4.90 Å². The fourth-order valence-corrected chi connectivity index (χ4v) is 0.605. The maximum Gasteiger partial charge on any atom is 2.00 e. The Labute approximate surface area is 96.3 Å². The molecule has 0 saturated carbocycles. The third-order valence-corrected chi connectivity index (χ3v) is 1.06. The van der Waals surface area contributed by atoms with Crippen LogP contribution in [0, 0.1) is 6.42 Å². The van der Waals surface area contributed by atoms with Crippen molar-refractivity contribution in [3.63, 3.8) is 0 Å². The van der Waals surface area contributed by atoms with Gasteiger partial charge in [0.05, 0.1) is 5.91 Å². The van der Waals surface area contributed by atoms with Crippen LogP contribution in [0.2, 0.25) is 0 Å². The molecule has 0 aromatic rings. The molecule has 1 aliphatic heterocycles. The Balaban J connectivity index is 0. The average Bonchev–Trinajstić information content (AvgIpc) is 2.12. The van der Waals surface area contributed by atoms with Gasteiger partial charge in [-0.2, -0.15) is 0 Å². The molecule has 4 nitrogen and oxygen atoms in total. The van der Waals surface area contributed by atoms with E-state index < -0.39 is 11.8 Å². The molecule has 0 aliphatic carbocycles. The zero-order chi connectivity index (χ0) is 6.85. The molecule has 0 spiro atoms. The number of nitrogens with zero attached hydrogens (tertiary/aromatic N) is 1. The Bertz CT molecular complexity index is 169. The van der Waals surface area contributed by atoms with Gasteiger partial charge in [0, 0.05) is 0 Å². The van der Waals surface area contributed by atoms with E-state index in [1.807, 2.05) is 0 Å². The van der Waals surface area contributed by atoms with Crippen LogP contribution < -0.4 is 0 Å². The summed E-state index contributed by atoms with van der Waals surface area (Å²) in [5.41, 5.74) is 0. The zero-order valence-corrected chi connectivity index (χ0v) is 8.72. The third kappa shape index (κ3) is 1.82. The minimum atomic E-state index is -0.519. The Kier molecular flexibility index (Phi) is 4.19. The maximum atomic E-state index is 10.5. The molecule has 0 unspecified atom stereocenters. The van der Waals surface area contributed by atoms with Crippen LogP contribution in [-0.4, -0.2) is 68.6 Å². The molecule has 1 fully saturated rings. The fraction of sp³-hybridized carbons (Fsp3) is 0.200. The van der Waals surface area contributed by atoms with Gasteiger partial charge in [0.25, 0.3) is 0 Å². The Morgan fingerprint density at radius 3 is 2.40 bits per heavy atom. The fourth-order valence-electron chi connectivity index (χ4n) is 0.605. The first kappa shape index (κ1) is 10.2. The van der Waals surface area contributed by atoms with E-state index in [0.717, 1.165) is 0 Å². The van der Waals surface area contributed by atoms with Crippen molar-refractivity contribution in [1.29, 1.82) is 0 Å². The van der Waals surface area contributed by atoms with E-state index in [2.05, 4.69) is 0 Å². The second kappa shape index (κ2) is 4.13. The van der Waals surface area contributed by atoms with E-state index in [9.17, 15) is 14.4 Å². The quantitative estimate of drug-likeness (QED) is 0.240. The summed E-state index contributed by atoms with van der Waals surface area (Å²) in [5, 5.41) is 0. The number of hydrogen-bond acceptors (Lipinski definition) is 3. The predicted octanol–water partition coefficient (Wildman–Crippen LogP) is -1.16. The van der Waals surface area contributed by atoms with Crippen molar-refractivity contribution in [2.24, 2.45) is 0 Å². The van der Waals surface area contributed by atoms with Gasteiger partial charge in [-0.1, -0.05) is 6.42 Å². The Hall–Kier alpha value is 0.161. The summed E-state index contributed by atoms with van der Waals surface area (Å²) in [7, 11) is 0. The van der Waals surface area contributed by atoms with Crippen LogP contribution in [0.4, 0.5) is 0 Å². The minimum Gasteiger partial charge on any atom is -1.00 e. The van der Waals surface area contributed by atoms with Crippen molar-refractivity contribution in [3.05, 3.63) is 6.42 Å². The first-order chi connectivity index (χ1) is 4.25. The number of likely N-dealkylation sites (tertiary alicyclic amines) is 1. The minimum absolute atomic E-state index is 0. The van der Waals surface area contributed by atoms with E-state index in [-0.39, 0.29) is 59.7 Å². The number of imide groups is 3. The van der Waals surface area contributed by atoms with Crippen molar-refractivity contribution in [2.45, 2.75) is 6.42 Å². The molecular weight excluding hydrogens is 210 g/mol. The Morgan fingerprint density at radius 2 is 2.20 bits per heavy atom. The van der Waals surface area contributed by atoms with Gasteiger partial charge in [-0.05, 0) is 0 Å². The molecule has 10 heavy (non-hydrogen) atoms. The van der Waals surface area contributed by atoms with Gasteiger partial charge in [-0.3, -0.25) is 20.9 Å². The molecule has 1 heterocycles. The number of rotatable bonds is 1. The average molecular weight is 215 g/mol. The molecular formula is C5H5NO3Sr. The van der Waals surface area contributed by atoms with Crippen LogP contribution in [0.3, 0.4) is 0 Å². The normalized spacial score (nSPS) is 16.2. The molecule has 0 aromatic heterocycles. The predicted molar refractivity (Wildman–Crippen MR) is 33.7 cm³/mol. The van der Waals surface area contributed by atoms with Crippen LogP contribution in [0.15, 0.2) is 0 Å². The van der Waals surface area contributed by atoms with Gasteiger partial charge in [0.1, 0.15) is 0 Å². The van der Waals surface area contributed by atoms with Gasteiger partial charge in [0.15, 0.2) is 0 Å². The molecule has 50 valence electrons. The van der Waals surface area contributed by atoms with Crippen LogP contribution in [0.1, 0.15) is 7.85 Å². The SMILES string of the molecule is O=CN1C(=O)[CH-]CC1=O.[H-].[Sr+2]. The van der Waals surface area contributed by atoms with Crippen molar-refractivity contribution in [2.75, 3.05) is 0 Å². The molecule has 0 N–H and O–H groups in total. The molecule has 5 heteroatoms. The van der Waals surface area contributed by atoms with Crippen molar-refractivity contribution >= 4 is 63.7 Å². The van der Waals surface area contributed by atoms with Gasteiger partial charge >= 0.3 is 45.5 Å². The first-order valence-electron chi connectivity index (χ1n) is 2.40. The van der Waals surface area contributed by atoms with Gasteiger partial charge < -0.3 is 6.22 Å². The number of carbonyl (C=O) groups excluding carboxylic acids is 3. The largest absolute Gasteiger partial charge is 2.00 e. The summed E-state index contributed by atoms with van der Waals surface area (Å²) >= 11 is 0. The summed E-state index contributed by atoms with van der Waals surface area (Å²) in [6.45, 7) is 0. The van der Waals surface area contributed by atoms with Crippen LogP contribution in [0.25, 0.3) is 0 Å². The van der Waals surface area contributed by atoms with Gasteiger partial charge in [-0.15, -0.1) is 0 Å². The van der Waals surface area contributed by atoms with Crippen molar-refractivity contribution in [3.8, 4) is 0 Å². The van der Waals surface area contributed by atoms with E-state index >= 15 is 0 Å². The van der Waals surface area contributed by atoms with Crippen LogP contribution >= 0.6 is 0 Å². The molecule has 0 aromatic carbocycles. The molecule has 1 aliphatic rings. The summed E-state index contributed by atoms with van der Waals surface area (Å²) in [5.74, 6) is -0.968. The monoisotopic (exact) mass is 215 g/mol. The standard InChI is InChI=1S/C5H4NO3.Sr.H/c7-3-6-4(8)1-2-5(6)9;;/h1,3H,2H2;;/q-1;+2;-1. The topological polar surface area (TPSA) is 54.5 Å². The summed E-state index contributed by atoms with van der Waals surface area (Å²) in [6.07, 6.45) is 1.46. The van der Waals surface area contributed by atoms with Crippen LogP contribution in [-0.2, 0) is 14.4 Å². The zero-order valence-electron chi connectivity index (χ0n) is 6.24.